The zero-order chi connectivity index (χ0) is 18.6. The summed E-state index contributed by atoms with van der Waals surface area (Å²) < 4.78 is 11.4. The molecule has 1 aliphatic heterocycles. The minimum absolute atomic E-state index is 0.0886. The lowest BCUT2D eigenvalue weighted by atomic mass is 9.87. The second kappa shape index (κ2) is 7.92. The lowest BCUT2D eigenvalue weighted by Gasteiger charge is -2.19. The van der Waals surface area contributed by atoms with E-state index in [2.05, 4.69) is 38.2 Å². The maximum absolute atomic E-state index is 12.7. The first-order chi connectivity index (χ1) is 12.4. The number of para-hydroxylation sites is 1. The average molecular weight is 353 g/mol. The molecule has 4 heteroatoms. The molecule has 0 saturated carbocycles. The summed E-state index contributed by atoms with van der Waals surface area (Å²) in [5.74, 6) is 0.420. The predicted octanol–water partition coefficient (Wildman–Crippen LogP) is 4.79. The SMILES string of the molecule is CC(C)(C)c1ccc(NC(=O)c2ccccc2OC[C@@H]2CCCO2)cc1. The molecule has 1 heterocycles. The summed E-state index contributed by atoms with van der Waals surface area (Å²) in [6.07, 6.45) is 2.20. The van der Waals surface area contributed by atoms with Crippen molar-refractivity contribution in [3.8, 4) is 5.75 Å². The topological polar surface area (TPSA) is 47.6 Å². The van der Waals surface area contributed by atoms with E-state index in [4.69, 9.17) is 9.47 Å². The van der Waals surface area contributed by atoms with E-state index in [1.807, 2.05) is 30.3 Å². The number of carbonyl (C=O) groups excluding carboxylic acids is 1. The molecule has 2 aromatic rings. The van der Waals surface area contributed by atoms with Gasteiger partial charge < -0.3 is 14.8 Å². The van der Waals surface area contributed by atoms with Gasteiger partial charge in [-0.05, 0) is 48.1 Å². The third kappa shape index (κ3) is 4.64. The van der Waals surface area contributed by atoms with Crippen molar-refractivity contribution in [3.05, 3.63) is 59.7 Å². The van der Waals surface area contributed by atoms with Gasteiger partial charge in [0.15, 0.2) is 0 Å². The van der Waals surface area contributed by atoms with Gasteiger partial charge in [-0.25, -0.2) is 0 Å². The van der Waals surface area contributed by atoms with E-state index in [0.717, 1.165) is 25.1 Å². The molecule has 138 valence electrons. The third-order valence-corrected chi connectivity index (χ3v) is 4.59. The fourth-order valence-electron chi connectivity index (χ4n) is 2.99. The molecule has 0 unspecified atom stereocenters. The number of anilines is 1. The van der Waals surface area contributed by atoms with Gasteiger partial charge in [0.1, 0.15) is 12.4 Å². The van der Waals surface area contributed by atoms with E-state index >= 15 is 0 Å². The van der Waals surface area contributed by atoms with Crippen LogP contribution in [0.5, 0.6) is 5.75 Å². The van der Waals surface area contributed by atoms with E-state index in [9.17, 15) is 4.79 Å². The maximum Gasteiger partial charge on any atom is 0.259 e. The van der Waals surface area contributed by atoms with Gasteiger partial charge in [0.25, 0.3) is 5.91 Å². The number of hydrogen-bond acceptors (Lipinski definition) is 3. The molecule has 4 nitrogen and oxygen atoms in total. The lowest BCUT2D eigenvalue weighted by Crippen LogP contribution is -2.19. The third-order valence-electron chi connectivity index (χ3n) is 4.59. The normalized spacial score (nSPS) is 17.1. The number of benzene rings is 2. The van der Waals surface area contributed by atoms with Crippen LogP contribution < -0.4 is 10.1 Å². The summed E-state index contributed by atoms with van der Waals surface area (Å²) in [5.41, 5.74) is 2.63. The fourth-order valence-corrected chi connectivity index (χ4v) is 2.99. The molecule has 0 spiro atoms. The zero-order valence-electron chi connectivity index (χ0n) is 15.7. The van der Waals surface area contributed by atoms with Crippen LogP contribution in [-0.4, -0.2) is 25.2 Å². The van der Waals surface area contributed by atoms with Crippen molar-refractivity contribution >= 4 is 11.6 Å². The monoisotopic (exact) mass is 353 g/mol. The first-order valence-electron chi connectivity index (χ1n) is 9.19. The molecule has 26 heavy (non-hydrogen) atoms. The van der Waals surface area contributed by atoms with Crippen LogP contribution in [0, 0.1) is 0 Å². The second-order valence-electron chi connectivity index (χ2n) is 7.72. The summed E-state index contributed by atoms with van der Waals surface area (Å²) in [5, 5.41) is 2.96. The minimum atomic E-state index is -0.170. The van der Waals surface area contributed by atoms with E-state index < -0.39 is 0 Å². The molecular formula is C22H27NO3. The first kappa shape index (κ1) is 18.5. The number of carbonyl (C=O) groups is 1. The Labute approximate surface area is 155 Å². The Bertz CT molecular complexity index is 741. The number of hydrogen-bond donors (Lipinski definition) is 1. The van der Waals surface area contributed by atoms with Crippen molar-refractivity contribution < 1.29 is 14.3 Å². The summed E-state index contributed by atoms with van der Waals surface area (Å²) in [6, 6.07) is 15.3. The Morgan fingerprint density at radius 2 is 1.88 bits per heavy atom. The van der Waals surface area contributed by atoms with Gasteiger partial charge >= 0.3 is 0 Å². The van der Waals surface area contributed by atoms with Gasteiger partial charge in [0, 0.05) is 12.3 Å². The highest BCUT2D eigenvalue weighted by Gasteiger charge is 2.19. The zero-order valence-corrected chi connectivity index (χ0v) is 15.7. The smallest absolute Gasteiger partial charge is 0.259 e. The van der Waals surface area contributed by atoms with Crippen molar-refractivity contribution in [2.24, 2.45) is 0 Å². The number of nitrogens with one attached hydrogen (secondary N) is 1. The van der Waals surface area contributed by atoms with Crippen LogP contribution in [0.1, 0.15) is 49.5 Å². The highest BCUT2D eigenvalue weighted by molar-refractivity contribution is 6.06. The lowest BCUT2D eigenvalue weighted by molar-refractivity contribution is 0.0673. The number of rotatable bonds is 5. The Morgan fingerprint density at radius 3 is 2.54 bits per heavy atom. The van der Waals surface area contributed by atoms with Gasteiger partial charge in [-0.3, -0.25) is 4.79 Å². The highest BCUT2D eigenvalue weighted by Crippen LogP contribution is 2.25. The van der Waals surface area contributed by atoms with Crippen molar-refractivity contribution in [3.63, 3.8) is 0 Å². The van der Waals surface area contributed by atoms with E-state index in [1.165, 1.54) is 5.56 Å². The predicted molar refractivity (Wildman–Crippen MR) is 104 cm³/mol. The molecule has 1 N–H and O–H groups in total. The Kier molecular flexibility index (Phi) is 5.62. The van der Waals surface area contributed by atoms with Gasteiger partial charge in [0.05, 0.1) is 11.7 Å². The summed E-state index contributed by atoms with van der Waals surface area (Å²) >= 11 is 0. The Balaban J connectivity index is 1.67. The molecule has 1 fully saturated rings. The molecule has 0 radical (unpaired) electrons. The van der Waals surface area contributed by atoms with E-state index in [-0.39, 0.29) is 17.4 Å². The van der Waals surface area contributed by atoms with Crippen molar-refractivity contribution in [2.45, 2.75) is 45.1 Å². The molecule has 3 rings (SSSR count). The minimum Gasteiger partial charge on any atom is -0.490 e. The molecule has 0 aromatic heterocycles. The van der Waals surface area contributed by atoms with Gasteiger partial charge in [-0.15, -0.1) is 0 Å². The van der Waals surface area contributed by atoms with Crippen LogP contribution in [-0.2, 0) is 10.2 Å². The van der Waals surface area contributed by atoms with E-state index in [0.29, 0.717) is 17.9 Å². The van der Waals surface area contributed by atoms with Crippen LogP contribution >= 0.6 is 0 Å². The molecule has 0 bridgehead atoms. The summed E-state index contributed by atoms with van der Waals surface area (Å²) in [6.45, 7) is 7.78. The Hall–Kier alpha value is -2.33. The van der Waals surface area contributed by atoms with Crippen LogP contribution in [0.3, 0.4) is 0 Å². The number of amides is 1. The maximum atomic E-state index is 12.7. The molecule has 0 aliphatic carbocycles. The summed E-state index contributed by atoms with van der Waals surface area (Å²) in [4.78, 5) is 12.7. The quantitative estimate of drug-likeness (QED) is 0.840. The van der Waals surface area contributed by atoms with Gasteiger partial charge in [-0.1, -0.05) is 45.0 Å². The first-order valence-corrected chi connectivity index (χ1v) is 9.19. The van der Waals surface area contributed by atoms with Crippen LogP contribution in [0.25, 0.3) is 0 Å². The Morgan fingerprint density at radius 1 is 1.15 bits per heavy atom. The largest absolute Gasteiger partial charge is 0.490 e. The second-order valence-corrected chi connectivity index (χ2v) is 7.72. The highest BCUT2D eigenvalue weighted by atomic mass is 16.5. The van der Waals surface area contributed by atoms with Gasteiger partial charge in [0.2, 0.25) is 0 Å². The van der Waals surface area contributed by atoms with Crippen LogP contribution in [0.15, 0.2) is 48.5 Å². The molecule has 1 atom stereocenters. The van der Waals surface area contributed by atoms with Crippen molar-refractivity contribution in [1.29, 1.82) is 0 Å². The fraction of sp³-hybridized carbons (Fsp3) is 0.409. The van der Waals surface area contributed by atoms with Crippen molar-refractivity contribution in [1.82, 2.24) is 0 Å². The van der Waals surface area contributed by atoms with E-state index in [1.54, 1.807) is 6.07 Å². The van der Waals surface area contributed by atoms with Crippen LogP contribution in [0.2, 0.25) is 0 Å². The molecule has 1 aliphatic rings. The van der Waals surface area contributed by atoms with Crippen LogP contribution in [0.4, 0.5) is 5.69 Å². The van der Waals surface area contributed by atoms with Crippen molar-refractivity contribution in [2.75, 3.05) is 18.5 Å². The molecule has 2 aromatic carbocycles. The molecule has 1 saturated heterocycles. The average Bonchev–Trinajstić information content (AvgIpc) is 3.13. The standard InChI is InChI=1S/C22H27NO3/c1-22(2,3)16-10-12-17(13-11-16)23-21(24)19-8-4-5-9-20(19)26-15-18-7-6-14-25-18/h4-5,8-13,18H,6-7,14-15H2,1-3H3,(H,23,24)/t18-/m0/s1. The summed E-state index contributed by atoms with van der Waals surface area (Å²) in [7, 11) is 0. The van der Waals surface area contributed by atoms with Gasteiger partial charge in [-0.2, -0.15) is 0 Å². The number of ether oxygens (including phenoxy) is 2. The molecular weight excluding hydrogens is 326 g/mol. The molecule has 1 amide bonds.